The largest absolute Gasteiger partial charge is 0.508 e. The zero-order chi connectivity index (χ0) is 16.2. The van der Waals surface area contributed by atoms with Gasteiger partial charge in [-0.15, -0.1) is 0 Å². The van der Waals surface area contributed by atoms with E-state index in [0.29, 0.717) is 11.5 Å². The van der Waals surface area contributed by atoms with Crippen LogP contribution >= 0.6 is 0 Å². The van der Waals surface area contributed by atoms with Gasteiger partial charge < -0.3 is 10.2 Å². The predicted molar refractivity (Wildman–Crippen MR) is 92.4 cm³/mol. The standard InChI is InChI=1S/C10H8O.C10H14O/c11-10-7-3-5-8-4-1-2-6-9(8)10;1-10(2,3)8-4-6-9(11)7-5-8/h1-7,11H;4-7,11H,1-3H3. The first-order valence-corrected chi connectivity index (χ1v) is 7.34. The Labute approximate surface area is 131 Å². The molecule has 3 aromatic carbocycles. The Morgan fingerprint density at radius 3 is 1.86 bits per heavy atom. The minimum atomic E-state index is 0.174. The summed E-state index contributed by atoms with van der Waals surface area (Å²) >= 11 is 0. The van der Waals surface area contributed by atoms with Gasteiger partial charge >= 0.3 is 0 Å². The highest BCUT2D eigenvalue weighted by Gasteiger charge is 2.12. The topological polar surface area (TPSA) is 40.5 Å². The van der Waals surface area contributed by atoms with Gasteiger partial charge in [0.05, 0.1) is 0 Å². The van der Waals surface area contributed by atoms with E-state index in [1.807, 2.05) is 48.5 Å². The van der Waals surface area contributed by atoms with Crippen LogP contribution in [0.25, 0.3) is 10.8 Å². The molecule has 0 aliphatic heterocycles. The first kappa shape index (κ1) is 15.9. The van der Waals surface area contributed by atoms with Crippen molar-refractivity contribution in [3.05, 3.63) is 72.3 Å². The predicted octanol–water partition coefficient (Wildman–Crippen LogP) is 5.24. The van der Waals surface area contributed by atoms with Crippen molar-refractivity contribution in [1.82, 2.24) is 0 Å². The highest BCUT2D eigenvalue weighted by molar-refractivity contribution is 5.87. The molecule has 3 rings (SSSR count). The van der Waals surface area contributed by atoms with Crippen LogP contribution in [0.2, 0.25) is 0 Å². The molecule has 0 amide bonds. The SMILES string of the molecule is CC(C)(C)c1ccc(O)cc1.Oc1cccc2ccccc12. The molecular formula is C20H22O2. The highest BCUT2D eigenvalue weighted by atomic mass is 16.3. The Hall–Kier alpha value is -2.48. The summed E-state index contributed by atoms with van der Waals surface area (Å²) < 4.78 is 0. The number of phenols is 2. The van der Waals surface area contributed by atoms with Gasteiger partial charge in [-0.2, -0.15) is 0 Å². The fraction of sp³-hybridized carbons (Fsp3) is 0.200. The van der Waals surface area contributed by atoms with Crippen LogP contribution in [0.5, 0.6) is 11.5 Å². The fourth-order valence-corrected chi connectivity index (χ4v) is 2.17. The van der Waals surface area contributed by atoms with E-state index in [-0.39, 0.29) is 5.41 Å². The lowest BCUT2D eigenvalue weighted by Crippen LogP contribution is -2.10. The van der Waals surface area contributed by atoms with Gasteiger partial charge in [0.15, 0.2) is 0 Å². The third-order valence-electron chi connectivity index (χ3n) is 3.50. The third kappa shape index (κ3) is 4.01. The molecule has 0 heterocycles. The lowest BCUT2D eigenvalue weighted by molar-refractivity contribution is 0.474. The summed E-state index contributed by atoms with van der Waals surface area (Å²) in [6.45, 7) is 6.46. The zero-order valence-corrected chi connectivity index (χ0v) is 13.2. The molecule has 0 spiro atoms. The lowest BCUT2D eigenvalue weighted by Gasteiger charge is -2.18. The van der Waals surface area contributed by atoms with Crippen molar-refractivity contribution < 1.29 is 10.2 Å². The van der Waals surface area contributed by atoms with Crippen LogP contribution in [0.1, 0.15) is 26.3 Å². The minimum absolute atomic E-state index is 0.174. The smallest absolute Gasteiger partial charge is 0.123 e. The molecule has 0 aromatic heterocycles. The van der Waals surface area contributed by atoms with Gasteiger partial charge in [0, 0.05) is 5.39 Å². The van der Waals surface area contributed by atoms with E-state index in [1.165, 1.54) is 5.56 Å². The summed E-state index contributed by atoms with van der Waals surface area (Å²) in [5, 5.41) is 20.4. The fourth-order valence-electron chi connectivity index (χ4n) is 2.17. The van der Waals surface area contributed by atoms with Crippen molar-refractivity contribution in [2.24, 2.45) is 0 Å². The average molecular weight is 294 g/mol. The van der Waals surface area contributed by atoms with Crippen molar-refractivity contribution in [1.29, 1.82) is 0 Å². The van der Waals surface area contributed by atoms with Crippen LogP contribution in [0.15, 0.2) is 66.7 Å². The molecule has 0 saturated carbocycles. The van der Waals surface area contributed by atoms with E-state index >= 15 is 0 Å². The molecule has 22 heavy (non-hydrogen) atoms. The Bertz CT molecular complexity index is 732. The second-order valence-electron chi connectivity index (χ2n) is 6.30. The normalized spacial score (nSPS) is 10.9. The Morgan fingerprint density at radius 1 is 0.682 bits per heavy atom. The number of rotatable bonds is 0. The maximum atomic E-state index is 9.37. The molecule has 2 N–H and O–H groups in total. The van der Waals surface area contributed by atoms with Crippen LogP contribution in [0, 0.1) is 0 Å². The van der Waals surface area contributed by atoms with E-state index in [2.05, 4.69) is 20.8 Å². The maximum Gasteiger partial charge on any atom is 0.123 e. The van der Waals surface area contributed by atoms with Gasteiger partial charge in [0.25, 0.3) is 0 Å². The second kappa shape index (κ2) is 6.52. The van der Waals surface area contributed by atoms with Gasteiger partial charge in [-0.1, -0.05) is 69.3 Å². The molecule has 3 aromatic rings. The number of phenolic OH excluding ortho intramolecular Hbond substituents is 2. The molecule has 0 unspecified atom stereocenters. The summed E-state index contributed by atoms with van der Waals surface area (Å²) in [7, 11) is 0. The molecule has 0 bridgehead atoms. The summed E-state index contributed by atoms with van der Waals surface area (Å²) in [6, 6.07) is 20.6. The molecule has 2 heteroatoms. The van der Waals surface area contributed by atoms with Crippen LogP contribution in [0.3, 0.4) is 0 Å². The van der Waals surface area contributed by atoms with Gasteiger partial charge in [-0.05, 0) is 34.6 Å². The van der Waals surface area contributed by atoms with Crippen LogP contribution in [0.4, 0.5) is 0 Å². The first-order valence-electron chi connectivity index (χ1n) is 7.34. The molecule has 0 atom stereocenters. The summed E-state index contributed by atoms with van der Waals surface area (Å²) in [5.74, 6) is 0.682. The average Bonchev–Trinajstić information content (AvgIpc) is 2.48. The van der Waals surface area contributed by atoms with E-state index in [1.54, 1.807) is 18.2 Å². The summed E-state index contributed by atoms with van der Waals surface area (Å²) in [4.78, 5) is 0. The minimum Gasteiger partial charge on any atom is -0.508 e. The van der Waals surface area contributed by atoms with Crippen molar-refractivity contribution in [2.45, 2.75) is 26.2 Å². The summed E-state index contributed by atoms with van der Waals surface area (Å²) in [5.41, 5.74) is 1.42. The van der Waals surface area contributed by atoms with E-state index < -0.39 is 0 Å². The lowest BCUT2D eigenvalue weighted by atomic mass is 9.87. The highest BCUT2D eigenvalue weighted by Crippen LogP contribution is 2.24. The molecule has 0 aliphatic rings. The number of benzene rings is 3. The summed E-state index contributed by atoms with van der Waals surface area (Å²) in [6.07, 6.45) is 0. The molecule has 0 radical (unpaired) electrons. The van der Waals surface area contributed by atoms with E-state index in [9.17, 15) is 5.11 Å². The molecule has 0 saturated heterocycles. The maximum absolute atomic E-state index is 9.37. The number of aromatic hydroxyl groups is 2. The molecule has 0 aliphatic carbocycles. The van der Waals surface area contributed by atoms with E-state index in [0.717, 1.165) is 10.8 Å². The Morgan fingerprint density at radius 2 is 1.27 bits per heavy atom. The van der Waals surface area contributed by atoms with Gasteiger partial charge in [0.1, 0.15) is 11.5 Å². The van der Waals surface area contributed by atoms with Gasteiger partial charge in [-0.3, -0.25) is 0 Å². The Balaban J connectivity index is 0.000000160. The number of fused-ring (bicyclic) bond motifs is 1. The van der Waals surface area contributed by atoms with Crippen LogP contribution in [-0.4, -0.2) is 10.2 Å². The molecule has 2 nitrogen and oxygen atoms in total. The van der Waals surface area contributed by atoms with Gasteiger partial charge in [-0.25, -0.2) is 0 Å². The Kier molecular flexibility index (Phi) is 4.71. The first-order chi connectivity index (χ1) is 10.4. The third-order valence-corrected chi connectivity index (χ3v) is 3.50. The van der Waals surface area contributed by atoms with Gasteiger partial charge in [0.2, 0.25) is 0 Å². The monoisotopic (exact) mass is 294 g/mol. The molecule has 114 valence electrons. The zero-order valence-electron chi connectivity index (χ0n) is 13.2. The number of hydrogen-bond donors (Lipinski definition) is 2. The quantitative estimate of drug-likeness (QED) is 0.595. The molecule has 0 fully saturated rings. The van der Waals surface area contributed by atoms with Crippen molar-refractivity contribution in [3.8, 4) is 11.5 Å². The van der Waals surface area contributed by atoms with Crippen LogP contribution in [-0.2, 0) is 5.41 Å². The van der Waals surface area contributed by atoms with Crippen LogP contribution < -0.4 is 0 Å². The van der Waals surface area contributed by atoms with Crippen molar-refractivity contribution >= 4 is 10.8 Å². The van der Waals surface area contributed by atoms with E-state index in [4.69, 9.17) is 5.11 Å². The second-order valence-corrected chi connectivity index (χ2v) is 6.30. The molecular weight excluding hydrogens is 272 g/mol. The van der Waals surface area contributed by atoms with Crippen molar-refractivity contribution in [3.63, 3.8) is 0 Å². The van der Waals surface area contributed by atoms with Crippen molar-refractivity contribution in [2.75, 3.05) is 0 Å². The number of hydrogen-bond acceptors (Lipinski definition) is 2.